The highest BCUT2D eigenvalue weighted by Crippen LogP contribution is 2.33. The molecule has 0 bridgehead atoms. The molecule has 0 aromatic carbocycles. The van der Waals surface area contributed by atoms with Crippen LogP contribution in [0.15, 0.2) is 0 Å². The van der Waals surface area contributed by atoms with E-state index in [4.69, 9.17) is 0 Å². The van der Waals surface area contributed by atoms with E-state index in [-0.39, 0.29) is 6.04 Å². The zero-order chi connectivity index (χ0) is 12.3. The number of carbonyl (C=O) groups is 1. The molecule has 2 unspecified atom stereocenters. The fraction of sp³-hybridized carbons (Fsp3) is 0.917. The van der Waals surface area contributed by atoms with E-state index in [1.165, 1.54) is 0 Å². The molecule has 0 heterocycles. The first-order chi connectivity index (χ1) is 7.41. The first kappa shape index (κ1) is 13.5. The average molecular weight is 228 g/mol. The minimum absolute atomic E-state index is 0.210. The fourth-order valence-electron chi connectivity index (χ4n) is 2.59. The molecule has 1 saturated carbocycles. The van der Waals surface area contributed by atoms with Gasteiger partial charge in [0, 0.05) is 12.1 Å². The first-order valence-corrected chi connectivity index (χ1v) is 6.12. The third kappa shape index (κ3) is 2.74. The van der Waals surface area contributed by atoms with Crippen LogP contribution in [0.1, 0.15) is 40.0 Å². The Morgan fingerprint density at radius 1 is 1.62 bits per heavy atom. The topological polar surface area (TPSA) is 52.6 Å². The second kappa shape index (κ2) is 5.15. The quantitative estimate of drug-likeness (QED) is 0.745. The van der Waals surface area contributed by atoms with E-state index in [9.17, 15) is 9.90 Å². The molecule has 0 saturated heterocycles. The highest BCUT2D eigenvalue weighted by Gasteiger charge is 2.46. The van der Waals surface area contributed by atoms with Gasteiger partial charge in [0.2, 0.25) is 0 Å². The van der Waals surface area contributed by atoms with E-state index in [0.717, 1.165) is 19.4 Å². The van der Waals surface area contributed by atoms with Crippen LogP contribution in [-0.2, 0) is 4.79 Å². The van der Waals surface area contributed by atoms with E-state index in [1.54, 1.807) is 0 Å². The molecule has 1 aliphatic carbocycles. The lowest BCUT2D eigenvalue weighted by atomic mass is 9.96. The van der Waals surface area contributed by atoms with Crippen molar-refractivity contribution in [2.75, 3.05) is 13.6 Å². The van der Waals surface area contributed by atoms with E-state index >= 15 is 0 Å². The molecule has 1 fully saturated rings. The van der Waals surface area contributed by atoms with Gasteiger partial charge in [-0.3, -0.25) is 10.1 Å². The molecule has 2 N–H and O–H groups in total. The summed E-state index contributed by atoms with van der Waals surface area (Å²) in [4.78, 5) is 13.7. The molecule has 16 heavy (non-hydrogen) atoms. The lowest BCUT2D eigenvalue weighted by molar-refractivity contribution is -0.145. The third-order valence-corrected chi connectivity index (χ3v) is 3.58. The Morgan fingerprint density at radius 2 is 2.25 bits per heavy atom. The number of carboxylic acid groups (broad SMARTS) is 1. The normalized spacial score (nSPS) is 30.2. The minimum atomic E-state index is -0.706. The van der Waals surface area contributed by atoms with Gasteiger partial charge in [-0.05, 0) is 46.7 Å². The van der Waals surface area contributed by atoms with Crippen molar-refractivity contribution in [2.45, 2.75) is 57.7 Å². The number of hydrogen-bond donors (Lipinski definition) is 2. The van der Waals surface area contributed by atoms with Crippen LogP contribution < -0.4 is 5.32 Å². The Bertz CT molecular complexity index is 255. The van der Waals surface area contributed by atoms with Crippen LogP contribution in [0.25, 0.3) is 0 Å². The molecule has 1 rings (SSSR count). The standard InChI is InChI=1S/C12H24N2O2/c1-5-14(4)10-6-7-12(8-10,11(15)16)13-9(2)3/h9-10,13H,5-8H2,1-4H3,(H,15,16). The van der Waals surface area contributed by atoms with Crippen molar-refractivity contribution in [2.24, 2.45) is 0 Å². The maximum atomic E-state index is 11.4. The van der Waals surface area contributed by atoms with Crippen LogP contribution in [-0.4, -0.2) is 47.2 Å². The number of hydrogen-bond acceptors (Lipinski definition) is 3. The molecule has 2 atom stereocenters. The fourth-order valence-corrected chi connectivity index (χ4v) is 2.59. The highest BCUT2D eigenvalue weighted by molar-refractivity contribution is 5.79. The molecule has 0 aromatic rings. The number of rotatable bonds is 5. The number of nitrogens with one attached hydrogen (secondary N) is 1. The molecular weight excluding hydrogens is 204 g/mol. The zero-order valence-corrected chi connectivity index (χ0v) is 10.8. The largest absolute Gasteiger partial charge is 0.480 e. The Balaban J connectivity index is 2.72. The maximum Gasteiger partial charge on any atom is 0.323 e. The summed E-state index contributed by atoms with van der Waals surface area (Å²) in [5.74, 6) is -0.701. The second-order valence-corrected chi connectivity index (χ2v) is 5.16. The third-order valence-electron chi connectivity index (χ3n) is 3.58. The van der Waals surface area contributed by atoms with Crippen LogP contribution in [0.2, 0.25) is 0 Å². The van der Waals surface area contributed by atoms with E-state index in [0.29, 0.717) is 12.5 Å². The van der Waals surface area contributed by atoms with Crippen LogP contribution >= 0.6 is 0 Å². The lowest BCUT2D eigenvalue weighted by Gasteiger charge is -2.30. The van der Waals surface area contributed by atoms with Gasteiger partial charge in [0.1, 0.15) is 5.54 Å². The van der Waals surface area contributed by atoms with Gasteiger partial charge < -0.3 is 10.0 Å². The second-order valence-electron chi connectivity index (χ2n) is 5.16. The maximum absolute atomic E-state index is 11.4. The summed E-state index contributed by atoms with van der Waals surface area (Å²) in [6.07, 6.45) is 2.41. The Hall–Kier alpha value is -0.610. The zero-order valence-electron chi connectivity index (χ0n) is 10.8. The van der Waals surface area contributed by atoms with Crippen LogP contribution in [0.4, 0.5) is 0 Å². The van der Waals surface area contributed by atoms with Crippen molar-refractivity contribution < 1.29 is 9.90 Å². The van der Waals surface area contributed by atoms with Gasteiger partial charge in [-0.2, -0.15) is 0 Å². The molecule has 4 nitrogen and oxygen atoms in total. The number of aliphatic carboxylic acids is 1. The summed E-state index contributed by atoms with van der Waals surface area (Å²) < 4.78 is 0. The van der Waals surface area contributed by atoms with E-state index in [2.05, 4.69) is 24.2 Å². The van der Waals surface area contributed by atoms with Crippen molar-refractivity contribution in [3.63, 3.8) is 0 Å². The smallest absolute Gasteiger partial charge is 0.323 e. The minimum Gasteiger partial charge on any atom is -0.480 e. The SMILES string of the molecule is CCN(C)C1CCC(NC(C)C)(C(=O)O)C1. The predicted molar refractivity (Wildman–Crippen MR) is 64.6 cm³/mol. The Morgan fingerprint density at radius 3 is 2.69 bits per heavy atom. The van der Waals surface area contributed by atoms with Gasteiger partial charge in [0.15, 0.2) is 0 Å². The molecule has 0 aliphatic heterocycles. The van der Waals surface area contributed by atoms with Crippen LogP contribution in [0.3, 0.4) is 0 Å². The van der Waals surface area contributed by atoms with Gasteiger partial charge in [-0.15, -0.1) is 0 Å². The molecule has 4 heteroatoms. The molecule has 0 amide bonds. The molecule has 0 aromatic heterocycles. The van der Waals surface area contributed by atoms with E-state index < -0.39 is 11.5 Å². The summed E-state index contributed by atoms with van der Waals surface area (Å²) in [6, 6.07) is 0.606. The van der Waals surface area contributed by atoms with Crippen molar-refractivity contribution in [3.05, 3.63) is 0 Å². The van der Waals surface area contributed by atoms with Crippen molar-refractivity contribution in [1.29, 1.82) is 0 Å². The predicted octanol–water partition coefficient (Wildman–Crippen LogP) is 1.31. The monoisotopic (exact) mass is 228 g/mol. The summed E-state index contributed by atoms with van der Waals surface area (Å²) >= 11 is 0. The van der Waals surface area contributed by atoms with Crippen molar-refractivity contribution in [1.82, 2.24) is 10.2 Å². The van der Waals surface area contributed by atoms with E-state index in [1.807, 2.05) is 13.8 Å². The number of carboxylic acids is 1. The summed E-state index contributed by atoms with van der Waals surface area (Å²) in [5, 5.41) is 12.6. The van der Waals surface area contributed by atoms with Crippen molar-refractivity contribution >= 4 is 5.97 Å². The van der Waals surface area contributed by atoms with Gasteiger partial charge >= 0.3 is 5.97 Å². The molecule has 1 aliphatic rings. The highest BCUT2D eigenvalue weighted by atomic mass is 16.4. The van der Waals surface area contributed by atoms with Crippen LogP contribution in [0.5, 0.6) is 0 Å². The molecule has 94 valence electrons. The molecular formula is C12H24N2O2. The van der Waals surface area contributed by atoms with Crippen molar-refractivity contribution in [3.8, 4) is 0 Å². The first-order valence-electron chi connectivity index (χ1n) is 6.12. The number of nitrogens with zero attached hydrogens (tertiary/aromatic N) is 1. The van der Waals surface area contributed by atoms with Crippen LogP contribution in [0, 0.1) is 0 Å². The lowest BCUT2D eigenvalue weighted by Crippen LogP contribution is -2.53. The summed E-state index contributed by atoms with van der Waals surface area (Å²) in [7, 11) is 2.07. The Kier molecular flexibility index (Phi) is 4.33. The van der Waals surface area contributed by atoms with Gasteiger partial charge in [-0.25, -0.2) is 0 Å². The average Bonchev–Trinajstić information content (AvgIpc) is 2.61. The van der Waals surface area contributed by atoms with Gasteiger partial charge in [0.05, 0.1) is 0 Å². The Labute approximate surface area is 98.0 Å². The summed E-state index contributed by atoms with van der Waals surface area (Å²) in [6.45, 7) is 7.09. The van der Waals surface area contributed by atoms with Gasteiger partial charge in [-0.1, -0.05) is 6.92 Å². The molecule has 0 radical (unpaired) electrons. The molecule has 0 spiro atoms. The summed E-state index contributed by atoms with van der Waals surface area (Å²) in [5.41, 5.74) is -0.706. The van der Waals surface area contributed by atoms with Gasteiger partial charge in [0.25, 0.3) is 0 Å².